The monoisotopic (exact) mass is 321 g/mol. The molecule has 2 aromatic heterocycles. The van der Waals surface area contributed by atoms with Gasteiger partial charge in [0, 0.05) is 50.0 Å². The maximum Gasteiger partial charge on any atom is 0.223 e. The molecule has 1 aliphatic rings. The van der Waals surface area contributed by atoms with E-state index in [9.17, 15) is 4.79 Å². The summed E-state index contributed by atoms with van der Waals surface area (Å²) in [7, 11) is 1.79. The van der Waals surface area contributed by atoms with E-state index in [1.165, 1.54) is 23.0 Å². The van der Waals surface area contributed by atoms with E-state index in [0.717, 1.165) is 30.2 Å². The molecule has 3 rings (SSSR count). The molecule has 0 saturated carbocycles. The van der Waals surface area contributed by atoms with Crippen LogP contribution in [0.25, 0.3) is 0 Å². The number of nitrogens with zero attached hydrogens (tertiary/aromatic N) is 6. The van der Waals surface area contributed by atoms with E-state index in [1.54, 1.807) is 11.7 Å². The number of nitrogens with one attached hydrogen (secondary N) is 1. The second-order valence-electron chi connectivity index (χ2n) is 5.23. The third-order valence-corrected chi connectivity index (χ3v) is 4.85. The Balaban J connectivity index is 1.54. The Bertz CT molecular complexity index is 652. The predicted octanol–water partition coefficient (Wildman–Crippen LogP) is 0.563. The first-order chi connectivity index (χ1) is 10.7. The number of H-pyrrole nitrogens is 1. The Morgan fingerprint density at radius 3 is 3.05 bits per heavy atom. The van der Waals surface area contributed by atoms with Gasteiger partial charge in [-0.2, -0.15) is 5.10 Å². The fourth-order valence-corrected chi connectivity index (χ4v) is 3.37. The summed E-state index contributed by atoms with van der Waals surface area (Å²) in [4.78, 5) is 14.3. The zero-order chi connectivity index (χ0) is 15.5. The van der Waals surface area contributed by atoms with E-state index in [1.807, 2.05) is 4.90 Å². The molecule has 3 heterocycles. The molecule has 0 bridgehead atoms. The summed E-state index contributed by atoms with van der Waals surface area (Å²) in [6, 6.07) is 0. The van der Waals surface area contributed by atoms with Crippen LogP contribution in [0, 0.1) is 0 Å². The summed E-state index contributed by atoms with van der Waals surface area (Å²) in [6.07, 6.45) is 2.24. The molecular weight excluding hydrogens is 302 g/mol. The maximum atomic E-state index is 12.4. The second-order valence-corrected chi connectivity index (χ2v) is 6.29. The number of hydrogen-bond acceptors (Lipinski definition) is 6. The van der Waals surface area contributed by atoms with Crippen molar-refractivity contribution < 1.29 is 4.79 Å². The van der Waals surface area contributed by atoms with Gasteiger partial charge in [-0.05, 0) is 16.8 Å². The van der Waals surface area contributed by atoms with Crippen LogP contribution >= 0.6 is 11.8 Å². The Kier molecular flexibility index (Phi) is 4.41. The van der Waals surface area contributed by atoms with Crippen molar-refractivity contribution in [1.29, 1.82) is 0 Å². The molecule has 1 aliphatic heterocycles. The first kappa shape index (κ1) is 15.0. The highest BCUT2D eigenvalue weighted by Gasteiger charge is 2.24. The van der Waals surface area contributed by atoms with Gasteiger partial charge >= 0.3 is 0 Å². The van der Waals surface area contributed by atoms with Crippen LogP contribution in [0.1, 0.15) is 30.3 Å². The quantitative estimate of drug-likeness (QED) is 0.809. The summed E-state index contributed by atoms with van der Waals surface area (Å²) < 4.78 is 1.61. The molecule has 0 radical (unpaired) electrons. The zero-order valence-electron chi connectivity index (χ0n) is 12.7. The van der Waals surface area contributed by atoms with Crippen LogP contribution in [0.2, 0.25) is 0 Å². The summed E-state index contributed by atoms with van der Waals surface area (Å²) in [5.41, 5.74) is 3.46. The number of tetrazole rings is 1. The molecule has 0 aliphatic carbocycles. The molecule has 9 heteroatoms. The molecule has 8 nitrogen and oxygen atoms in total. The lowest BCUT2D eigenvalue weighted by Gasteiger charge is -2.27. The van der Waals surface area contributed by atoms with Crippen molar-refractivity contribution in [3.05, 3.63) is 17.0 Å². The summed E-state index contributed by atoms with van der Waals surface area (Å²) in [5.74, 6) is 0.860. The molecule has 1 amide bonds. The van der Waals surface area contributed by atoms with Crippen LogP contribution in [-0.2, 0) is 31.2 Å². The number of amides is 1. The van der Waals surface area contributed by atoms with Gasteiger partial charge in [0.25, 0.3) is 0 Å². The molecule has 118 valence electrons. The normalized spacial score (nSPS) is 14.2. The lowest BCUT2D eigenvalue weighted by Crippen LogP contribution is -2.36. The van der Waals surface area contributed by atoms with Crippen molar-refractivity contribution in [2.75, 3.05) is 12.3 Å². The van der Waals surface area contributed by atoms with E-state index < -0.39 is 0 Å². The lowest BCUT2D eigenvalue weighted by atomic mass is 10.0. The second kappa shape index (κ2) is 6.47. The van der Waals surface area contributed by atoms with Gasteiger partial charge in [-0.1, -0.05) is 18.7 Å². The van der Waals surface area contributed by atoms with E-state index in [2.05, 4.69) is 32.6 Å². The van der Waals surface area contributed by atoms with Gasteiger partial charge in [-0.3, -0.25) is 9.89 Å². The topological polar surface area (TPSA) is 92.6 Å². The number of aromatic nitrogens is 6. The van der Waals surface area contributed by atoms with Gasteiger partial charge in [0.1, 0.15) is 0 Å². The predicted molar refractivity (Wildman–Crippen MR) is 81.2 cm³/mol. The number of fused-ring (bicyclic) bond motifs is 1. The minimum atomic E-state index is 0.177. The first-order valence-corrected chi connectivity index (χ1v) is 8.35. The fourth-order valence-electron chi connectivity index (χ4n) is 2.59. The van der Waals surface area contributed by atoms with E-state index in [0.29, 0.717) is 18.7 Å². The molecular formula is C13H19N7OS. The molecule has 1 N–H and O–H groups in total. The molecule has 2 aromatic rings. The van der Waals surface area contributed by atoms with Gasteiger partial charge in [0.2, 0.25) is 11.1 Å². The first-order valence-electron chi connectivity index (χ1n) is 7.37. The maximum absolute atomic E-state index is 12.4. The van der Waals surface area contributed by atoms with Gasteiger partial charge in [0.05, 0.1) is 5.69 Å². The summed E-state index contributed by atoms with van der Waals surface area (Å²) in [5, 5.41) is 19.4. The average molecular weight is 321 g/mol. The SMILES string of the molecule is CCc1n[nH]c2c1CN(C(=O)CCSc1nnnn1C)CC2. The minimum Gasteiger partial charge on any atom is -0.338 e. The van der Waals surface area contributed by atoms with Crippen LogP contribution in [0.4, 0.5) is 0 Å². The number of hydrogen-bond donors (Lipinski definition) is 1. The van der Waals surface area contributed by atoms with Gasteiger partial charge in [-0.25, -0.2) is 4.68 Å². The van der Waals surface area contributed by atoms with Crippen LogP contribution in [0.15, 0.2) is 5.16 Å². The van der Waals surface area contributed by atoms with Crippen LogP contribution in [0.5, 0.6) is 0 Å². The molecule has 0 spiro atoms. The lowest BCUT2D eigenvalue weighted by molar-refractivity contribution is -0.131. The van der Waals surface area contributed by atoms with Gasteiger partial charge < -0.3 is 4.90 Å². The van der Waals surface area contributed by atoms with Crippen LogP contribution < -0.4 is 0 Å². The highest BCUT2D eigenvalue weighted by atomic mass is 32.2. The number of carbonyl (C=O) groups excluding carboxylic acids is 1. The number of aromatic amines is 1. The molecule has 0 atom stereocenters. The minimum absolute atomic E-state index is 0.177. The number of aryl methyl sites for hydroxylation is 2. The third-order valence-electron chi connectivity index (χ3n) is 3.84. The van der Waals surface area contributed by atoms with Crippen molar-refractivity contribution in [2.24, 2.45) is 7.05 Å². The highest BCUT2D eigenvalue weighted by Crippen LogP contribution is 2.22. The van der Waals surface area contributed by atoms with E-state index in [-0.39, 0.29) is 5.91 Å². The number of rotatable bonds is 5. The molecule has 0 fully saturated rings. The van der Waals surface area contributed by atoms with Crippen LogP contribution in [-0.4, -0.2) is 53.5 Å². The van der Waals surface area contributed by atoms with E-state index >= 15 is 0 Å². The Morgan fingerprint density at radius 1 is 1.45 bits per heavy atom. The Labute approximate surface area is 132 Å². The number of carbonyl (C=O) groups is 1. The van der Waals surface area contributed by atoms with Crippen molar-refractivity contribution >= 4 is 17.7 Å². The Morgan fingerprint density at radius 2 is 2.32 bits per heavy atom. The average Bonchev–Trinajstić information content (AvgIpc) is 3.12. The Hall–Kier alpha value is -1.90. The van der Waals surface area contributed by atoms with E-state index in [4.69, 9.17) is 0 Å². The largest absolute Gasteiger partial charge is 0.338 e. The smallest absolute Gasteiger partial charge is 0.223 e. The van der Waals surface area contributed by atoms with Crippen LogP contribution in [0.3, 0.4) is 0 Å². The van der Waals surface area contributed by atoms with Crippen molar-refractivity contribution in [2.45, 2.75) is 37.9 Å². The van der Waals surface area contributed by atoms with Gasteiger partial charge in [0.15, 0.2) is 0 Å². The van der Waals surface area contributed by atoms with Crippen molar-refractivity contribution in [3.63, 3.8) is 0 Å². The fraction of sp³-hybridized carbons (Fsp3) is 0.615. The van der Waals surface area contributed by atoms with Crippen molar-refractivity contribution in [3.8, 4) is 0 Å². The highest BCUT2D eigenvalue weighted by molar-refractivity contribution is 7.99. The summed E-state index contributed by atoms with van der Waals surface area (Å²) in [6.45, 7) is 3.51. The zero-order valence-corrected chi connectivity index (χ0v) is 13.6. The third kappa shape index (κ3) is 2.99. The van der Waals surface area contributed by atoms with Gasteiger partial charge in [-0.15, -0.1) is 5.10 Å². The summed E-state index contributed by atoms with van der Waals surface area (Å²) >= 11 is 1.50. The van der Waals surface area contributed by atoms with Crippen molar-refractivity contribution in [1.82, 2.24) is 35.3 Å². The molecule has 0 unspecified atom stereocenters. The molecule has 22 heavy (non-hydrogen) atoms. The molecule has 0 aromatic carbocycles. The molecule has 0 saturated heterocycles. The number of thioether (sulfide) groups is 1. The standard InChI is InChI=1S/C13H19N7OS/c1-3-10-9-8-20(6-4-11(9)15-14-10)12(21)5-7-22-13-16-17-18-19(13)2/h3-8H2,1-2H3,(H,14,15).